The first kappa shape index (κ1) is 58.7. The first-order valence-electron chi connectivity index (χ1n) is 24.4. The first-order valence-corrected chi connectivity index (χ1v) is 25.9. The van der Waals surface area contributed by atoms with Crippen LogP contribution in [-0.4, -0.2) is 68.5 Å². The summed E-state index contributed by atoms with van der Waals surface area (Å²) >= 11 is 0. The van der Waals surface area contributed by atoms with Crippen molar-refractivity contribution in [1.29, 1.82) is 0 Å². The van der Waals surface area contributed by atoms with Crippen molar-refractivity contribution in [2.24, 2.45) is 0 Å². The summed E-state index contributed by atoms with van der Waals surface area (Å²) in [6, 6.07) is -0.906. The molecule has 9 heteroatoms. The largest absolute Gasteiger partial charge is 0.756 e. The molecular weight excluding hydrogens is 780 g/mol. The van der Waals surface area contributed by atoms with Crippen LogP contribution in [0.1, 0.15) is 187 Å². The zero-order valence-corrected chi connectivity index (χ0v) is 40.7. The standard InChI is InChI=1S/C52H93N2O6P/c1-6-8-10-12-14-16-18-19-20-21-22-23-24-25-26-27-28-29-30-31-32-33-34-35-36-38-40-42-44-46-52(56)53-50(49-60-61(57,58)59-48-47-54(3,4)5)51(55)45-43-41-39-37-17-15-13-11-9-7-2/h8,10,14,16-17,19-20,22-23,25-26,37,43,45,50-51,55H,6-7,9,11-13,15,18,21,24,27-36,38-42,44,46-49H2,1-5H3,(H-,53,56,57,58)/b10-8-,16-14-,20-19-,23-22-,26-25-,37-17+,45-43+. The number of quaternary nitrogens is 1. The molecule has 0 aliphatic heterocycles. The molecule has 1 amide bonds. The Balaban J connectivity index is 4.15. The van der Waals surface area contributed by atoms with Crippen LogP contribution >= 0.6 is 7.82 Å². The van der Waals surface area contributed by atoms with Crippen LogP contribution < -0.4 is 10.2 Å². The van der Waals surface area contributed by atoms with Gasteiger partial charge in [0.2, 0.25) is 5.91 Å². The summed E-state index contributed by atoms with van der Waals surface area (Å²) in [5.74, 6) is -0.215. The van der Waals surface area contributed by atoms with E-state index < -0.39 is 26.6 Å². The molecule has 0 bridgehead atoms. The van der Waals surface area contributed by atoms with Crippen LogP contribution in [0.5, 0.6) is 0 Å². The summed E-state index contributed by atoms with van der Waals surface area (Å²) in [6.45, 7) is 4.45. The Morgan fingerprint density at radius 3 is 1.52 bits per heavy atom. The van der Waals surface area contributed by atoms with E-state index in [9.17, 15) is 19.4 Å². The van der Waals surface area contributed by atoms with Gasteiger partial charge in [-0.15, -0.1) is 0 Å². The topological polar surface area (TPSA) is 108 Å². The minimum atomic E-state index is -4.60. The number of phosphoric ester groups is 1. The third-order valence-corrected chi connectivity index (χ3v) is 11.3. The van der Waals surface area contributed by atoms with Crippen molar-refractivity contribution in [1.82, 2.24) is 5.32 Å². The Kier molecular flexibility index (Phi) is 41.3. The van der Waals surface area contributed by atoms with Crippen molar-refractivity contribution in [3.05, 3.63) is 85.1 Å². The van der Waals surface area contributed by atoms with Crippen LogP contribution in [0.2, 0.25) is 0 Å². The van der Waals surface area contributed by atoms with Gasteiger partial charge in [0.1, 0.15) is 13.2 Å². The minimum Gasteiger partial charge on any atom is -0.756 e. The van der Waals surface area contributed by atoms with Crippen molar-refractivity contribution in [2.75, 3.05) is 40.9 Å². The number of carbonyl (C=O) groups excluding carboxylic acids is 1. The minimum absolute atomic E-state index is 0.0101. The van der Waals surface area contributed by atoms with Gasteiger partial charge in [-0.2, -0.15) is 0 Å². The third-order valence-electron chi connectivity index (χ3n) is 10.3. The van der Waals surface area contributed by atoms with E-state index in [1.165, 1.54) is 96.3 Å². The van der Waals surface area contributed by atoms with Gasteiger partial charge in [-0.1, -0.05) is 189 Å². The lowest BCUT2D eigenvalue weighted by molar-refractivity contribution is -0.870. The molecule has 0 aromatic carbocycles. The summed E-state index contributed by atoms with van der Waals surface area (Å²) in [5.41, 5.74) is 0. The summed E-state index contributed by atoms with van der Waals surface area (Å²) in [4.78, 5) is 25.3. The Labute approximate surface area is 376 Å². The van der Waals surface area contributed by atoms with Gasteiger partial charge in [-0.3, -0.25) is 9.36 Å². The molecule has 0 fully saturated rings. The monoisotopic (exact) mass is 873 g/mol. The second-order valence-corrected chi connectivity index (χ2v) is 18.8. The van der Waals surface area contributed by atoms with Crippen molar-refractivity contribution >= 4 is 13.7 Å². The maximum atomic E-state index is 12.9. The van der Waals surface area contributed by atoms with Crippen molar-refractivity contribution in [3.8, 4) is 0 Å². The molecule has 61 heavy (non-hydrogen) atoms. The Bertz CT molecular complexity index is 1260. The van der Waals surface area contributed by atoms with Gasteiger partial charge in [-0.25, -0.2) is 0 Å². The number of nitrogens with one attached hydrogen (secondary N) is 1. The Morgan fingerprint density at radius 2 is 1.02 bits per heavy atom. The molecule has 0 rings (SSSR count). The molecule has 0 heterocycles. The highest BCUT2D eigenvalue weighted by Crippen LogP contribution is 2.38. The van der Waals surface area contributed by atoms with E-state index in [-0.39, 0.29) is 12.5 Å². The Morgan fingerprint density at radius 1 is 0.590 bits per heavy atom. The van der Waals surface area contributed by atoms with Crippen LogP contribution in [0, 0.1) is 0 Å². The second-order valence-electron chi connectivity index (χ2n) is 17.4. The zero-order chi connectivity index (χ0) is 45.0. The van der Waals surface area contributed by atoms with Gasteiger partial charge in [0.15, 0.2) is 0 Å². The summed E-state index contributed by atoms with van der Waals surface area (Å²) < 4.78 is 23.2. The lowest BCUT2D eigenvalue weighted by atomic mass is 10.0. The third kappa shape index (κ3) is 45.5. The first-order chi connectivity index (χ1) is 29.5. The fourth-order valence-electron chi connectivity index (χ4n) is 6.49. The highest BCUT2D eigenvalue weighted by molar-refractivity contribution is 7.45. The number of hydrogen-bond donors (Lipinski definition) is 2. The molecule has 0 radical (unpaired) electrons. The van der Waals surface area contributed by atoms with E-state index in [4.69, 9.17) is 9.05 Å². The molecule has 3 atom stereocenters. The van der Waals surface area contributed by atoms with Crippen LogP contribution in [-0.2, 0) is 18.4 Å². The van der Waals surface area contributed by atoms with E-state index in [0.29, 0.717) is 17.4 Å². The van der Waals surface area contributed by atoms with Gasteiger partial charge in [0.05, 0.1) is 39.9 Å². The van der Waals surface area contributed by atoms with Crippen molar-refractivity contribution in [2.45, 2.75) is 199 Å². The number of aliphatic hydroxyl groups is 1. The molecular formula is C52H93N2O6P. The van der Waals surface area contributed by atoms with Gasteiger partial charge in [0.25, 0.3) is 7.82 Å². The summed E-state index contributed by atoms with van der Waals surface area (Å²) in [7, 11) is 1.23. The lowest BCUT2D eigenvalue weighted by Crippen LogP contribution is -2.45. The maximum Gasteiger partial charge on any atom is 0.268 e. The fourth-order valence-corrected chi connectivity index (χ4v) is 7.21. The van der Waals surface area contributed by atoms with Crippen molar-refractivity contribution in [3.63, 3.8) is 0 Å². The lowest BCUT2D eigenvalue weighted by Gasteiger charge is -2.29. The molecule has 0 spiro atoms. The van der Waals surface area contributed by atoms with E-state index in [1.54, 1.807) is 6.08 Å². The highest BCUT2D eigenvalue weighted by Gasteiger charge is 2.23. The highest BCUT2D eigenvalue weighted by atomic mass is 31.2. The number of hydrogen-bond acceptors (Lipinski definition) is 6. The van der Waals surface area contributed by atoms with Crippen LogP contribution in [0.4, 0.5) is 0 Å². The van der Waals surface area contributed by atoms with Crippen LogP contribution in [0.25, 0.3) is 0 Å². The van der Waals surface area contributed by atoms with E-state index in [2.05, 4.69) is 92.1 Å². The van der Waals surface area contributed by atoms with Crippen LogP contribution in [0.3, 0.4) is 0 Å². The molecule has 0 aliphatic rings. The molecule has 0 aromatic rings. The fraction of sp³-hybridized carbons (Fsp3) is 0.712. The summed E-state index contributed by atoms with van der Waals surface area (Å²) in [6.07, 6.45) is 59.4. The SMILES string of the molecule is CC/C=C\C/C=C\C/C=C\C/C=C\C/C=C\CCCCCCCCCCCCCCCC(=O)NC(COP(=O)([O-])OCC[N+](C)(C)C)C(O)/C=C/CC/C=C/CCCCCC. The molecule has 0 aliphatic carbocycles. The number of allylic oxidation sites excluding steroid dienone is 13. The number of phosphoric acid groups is 1. The second kappa shape index (κ2) is 43.0. The number of rotatable bonds is 43. The van der Waals surface area contributed by atoms with Gasteiger partial charge in [0, 0.05) is 6.42 Å². The van der Waals surface area contributed by atoms with Gasteiger partial charge < -0.3 is 28.8 Å². The molecule has 0 aromatic heterocycles. The molecule has 0 saturated carbocycles. The molecule has 3 unspecified atom stereocenters. The number of amides is 1. The number of likely N-dealkylation sites (N-methyl/N-ethyl adjacent to an activating group) is 1. The average Bonchev–Trinajstić information content (AvgIpc) is 3.21. The molecule has 0 saturated heterocycles. The Hall–Kier alpha value is -2.32. The molecule has 2 N–H and O–H groups in total. The van der Waals surface area contributed by atoms with Gasteiger partial charge >= 0.3 is 0 Å². The van der Waals surface area contributed by atoms with Gasteiger partial charge in [-0.05, 0) is 77.0 Å². The number of nitrogens with zero attached hydrogens (tertiary/aromatic N) is 1. The number of unbranched alkanes of at least 4 members (excludes halogenated alkanes) is 18. The quantitative estimate of drug-likeness (QED) is 0.0273. The summed E-state index contributed by atoms with van der Waals surface area (Å²) in [5, 5.41) is 13.7. The van der Waals surface area contributed by atoms with E-state index in [0.717, 1.165) is 70.6 Å². The normalized spacial score (nSPS) is 14.9. The predicted octanol–water partition coefficient (Wildman–Crippen LogP) is 13.5. The number of carbonyl (C=O) groups is 1. The van der Waals surface area contributed by atoms with Crippen LogP contribution in [0.15, 0.2) is 85.1 Å². The average molecular weight is 873 g/mol. The van der Waals surface area contributed by atoms with E-state index in [1.807, 2.05) is 27.2 Å². The molecule has 352 valence electrons. The van der Waals surface area contributed by atoms with E-state index >= 15 is 0 Å². The smallest absolute Gasteiger partial charge is 0.268 e. The molecule has 8 nitrogen and oxygen atoms in total. The predicted molar refractivity (Wildman–Crippen MR) is 260 cm³/mol. The number of aliphatic hydroxyl groups excluding tert-OH is 1. The van der Waals surface area contributed by atoms with Crippen molar-refractivity contribution < 1.29 is 32.9 Å². The zero-order valence-electron chi connectivity index (χ0n) is 39.8. The maximum absolute atomic E-state index is 12.9.